The standard InChI is InChI=1S/C19H28ClN3O3.HI/c1-21-19(22-6-2-7-24-13-14-4-5-14)23-12-15-10-16(20)18-17(11-15)25-8-3-9-26-18;/h10-11,14H,2-9,12-13H2,1H3,(H2,21,22,23);1H. The van der Waals surface area contributed by atoms with Crippen LogP contribution in [0.2, 0.25) is 5.02 Å². The van der Waals surface area contributed by atoms with E-state index in [2.05, 4.69) is 15.6 Å². The van der Waals surface area contributed by atoms with E-state index in [1.807, 2.05) is 12.1 Å². The molecule has 1 aliphatic heterocycles. The molecular weight excluding hydrogens is 481 g/mol. The van der Waals surface area contributed by atoms with Crippen molar-refractivity contribution in [2.75, 3.05) is 40.0 Å². The predicted molar refractivity (Wildman–Crippen MR) is 119 cm³/mol. The second-order valence-electron chi connectivity index (χ2n) is 6.68. The van der Waals surface area contributed by atoms with Gasteiger partial charge in [-0.15, -0.1) is 24.0 Å². The van der Waals surface area contributed by atoms with E-state index in [0.29, 0.717) is 36.3 Å². The number of fused-ring (bicyclic) bond motifs is 1. The number of guanidine groups is 1. The Morgan fingerprint density at radius 3 is 2.85 bits per heavy atom. The minimum atomic E-state index is 0. The van der Waals surface area contributed by atoms with Crippen molar-refractivity contribution in [1.29, 1.82) is 0 Å². The average molecular weight is 510 g/mol. The van der Waals surface area contributed by atoms with Crippen LogP contribution in [-0.4, -0.2) is 46.0 Å². The second kappa shape index (κ2) is 11.8. The van der Waals surface area contributed by atoms with Crippen molar-refractivity contribution in [3.8, 4) is 11.5 Å². The molecule has 8 heteroatoms. The summed E-state index contributed by atoms with van der Waals surface area (Å²) in [7, 11) is 1.76. The molecule has 2 N–H and O–H groups in total. The number of benzene rings is 1. The number of ether oxygens (including phenoxy) is 3. The van der Waals surface area contributed by atoms with Crippen LogP contribution in [0.15, 0.2) is 17.1 Å². The van der Waals surface area contributed by atoms with E-state index in [1.165, 1.54) is 12.8 Å². The first-order valence-corrected chi connectivity index (χ1v) is 9.74. The van der Waals surface area contributed by atoms with Crippen LogP contribution in [0.4, 0.5) is 0 Å². The molecule has 0 unspecified atom stereocenters. The van der Waals surface area contributed by atoms with Gasteiger partial charge in [-0.25, -0.2) is 0 Å². The summed E-state index contributed by atoms with van der Waals surface area (Å²) in [4.78, 5) is 4.25. The number of aliphatic imine (C=N–C) groups is 1. The third-order valence-corrected chi connectivity index (χ3v) is 4.63. The molecule has 0 atom stereocenters. The van der Waals surface area contributed by atoms with E-state index in [1.54, 1.807) is 7.05 Å². The summed E-state index contributed by atoms with van der Waals surface area (Å²) in [5.41, 5.74) is 1.02. The Labute approximate surface area is 183 Å². The molecule has 3 rings (SSSR count). The van der Waals surface area contributed by atoms with Crippen molar-refractivity contribution in [2.45, 2.75) is 32.2 Å². The normalized spacial score (nSPS) is 16.3. The van der Waals surface area contributed by atoms with Gasteiger partial charge in [0, 0.05) is 39.8 Å². The minimum Gasteiger partial charge on any atom is -0.489 e. The highest BCUT2D eigenvalue weighted by Gasteiger charge is 2.20. The summed E-state index contributed by atoms with van der Waals surface area (Å²) in [6.45, 7) is 4.41. The molecule has 0 saturated heterocycles. The Hall–Kier alpha value is -0.930. The molecule has 27 heavy (non-hydrogen) atoms. The van der Waals surface area contributed by atoms with Gasteiger partial charge in [0.25, 0.3) is 0 Å². The fourth-order valence-electron chi connectivity index (χ4n) is 2.71. The highest BCUT2D eigenvalue weighted by molar-refractivity contribution is 14.0. The Kier molecular flexibility index (Phi) is 9.78. The fourth-order valence-corrected chi connectivity index (χ4v) is 3.00. The number of nitrogens with one attached hydrogen (secondary N) is 2. The Bertz CT molecular complexity index is 626. The van der Waals surface area contributed by atoms with Crippen molar-refractivity contribution in [3.63, 3.8) is 0 Å². The summed E-state index contributed by atoms with van der Waals surface area (Å²) in [5.74, 6) is 2.93. The van der Waals surface area contributed by atoms with E-state index in [4.69, 9.17) is 25.8 Å². The van der Waals surface area contributed by atoms with Gasteiger partial charge >= 0.3 is 0 Å². The van der Waals surface area contributed by atoms with E-state index >= 15 is 0 Å². The zero-order valence-corrected chi connectivity index (χ0v) is 18.8. The third kappa shape index (κ3) is 7.54. The Morgan fingerprint density at radius 2 is 2.07 bits per heavy atom. The predicted octanol–water partition coefficient (Wildman–Crippen LogP) is 3.60. The number of rotatable bonds is 8. The molecule has 1 aromatic carbocycles. The summed E-state index contributed by atoms with van der Waals surface area (Å²) in [6, 6.07) is 3.87. The van der Waals surface area contributed by atoms with Crippen molar-refractivity contribution in [2.24, 2.45) is 10.9 Å². The van der Waals surface area contributed by atoms with Gasteiger partial charge in [-0.3, -0.25) is 4.99 Å². The van der Waals surface area contributed by atoms with E-state index < -0.39 is 0 Å². The fraction of sp³-hybridized carbons (Fsp3) is 0.632. The summed E-state index contributed by atoms with van der Waals surface area (Å²) in [5, 5.41) is 7.18. The molecule has 0 radical (unpaired) electrons. The summed E-state index contributed by atoms with van der Waals surface area (Å²) >= 11 is 6.34. The van der Waals surface area contributed by atoms with Gasteiger partial charge in [-0.05, 0) is 42.9 Å². The average Bonchev–Trinajstić information content (AvgIpc) is 3.47. The van der Waals surface area contributed by atoms with Crippen LogP contribution in [0.1, 0.15) is 31.2 Å². The summed E-state index contributed by atoms with van der Waals surface area (Å²) < 4.78 is 17.0. The van der Waals surface area contributed by atoms with Crippen LogP contribution in [0, 0.1) is 5.92 Å². The van der Waals surface area contributed by atoms with Gasteiger partial charge in [0.1, 0.15) is 0 Å². The highest BCUT2D eigenvalue weighted by atomic mass is 127. The van der Waals surface area contributed by atoms with Crippen LogP contribution in [0.25, 0.3) is 0 Å². The van der Waals surface area contributed by atoms with Crippen LogP contribution < -0.4 is 20.1 Å². The van der Waals surface area contributed by atoms with Crippen molar-refractivity contribution in [3.05, 3.63) is 22.7 Å². The number of nitrogens with zero attached hydrogens (tertiary/aromatic N) is 1. The molecule has 2 aliphatic rings. The molecule has 1 fully saturated rings. The number of hydrogen-bond donors (Lipinski definition) is 2. The van der Waals surface area contributed by atoms with Crippen molar-refractivity contribution >= 4 is 41.5 Å². The van der Waals surface area contributed by atoms with E-state index in [0.717, 1.165) is 50.0 Å². The summed E-state index contributed by atoms with van der Waals surface area (Å²) in [6.07, 6.45) is 4.49. The molecule has 152 valence electrons. The largest absolute Gasteiger partial charge is 0.489 e. The number of hydrogen-bond acceptors (Lipinski definition) is 4. The molecule has 1 saturated carbocycles. The van der Waals surface area contributed by atoms with E-state index in [9.17, 15) is 0 Å². The molecule has 1 aliphatic carbocycles. The first kappa shape index (κ1) is 22.4. The van der Waals surface area contributed by atoms with Crippen LogP contribution in [0.5, 0.6) is 11.5 Å². The molecule has 0 spiro atoms. The van der Waals surface area contributed by atoms with E-state index in [-0.39, 0.29) is 24.0 Å². The Morgan fingerprint density at radius 1 is 1.26 bits per heavy atom. The molecule has 1 aromatic rings. The monoisotopic (exact) mass is 509 g/mol. The lowest BCUT2D eigenvalue weighted by molar-refractivity contribution is 0.123. The second-order valence-corrected chi connectivity index (χ2v) is 7.09. The zero-order chi connectivity index (χ0) is 18.2. The maximum absolute atomic E-state index is 6.34. The topological polar surface area (TPSA) is 64.1 Å². The van der Waals surface area contributed by atoms with Crippen LogP contribution in [0.3, 0.4) is 0 Å². The van der Waals surface area contributed by atoms with Gasteiger partial charge < -0.3 is 24.8 Å². The first-order chi connectivity index (χ1) is 12.8. The lowest BCUT2D eigenvalue weighted by Crippen LogP contribution is -2.37. The van der Waals surface area contributed by atoms with Gasteiger partial charge in [0.05, 0.1) is 18.2 Å². The lowest BCUT2D eigenvalue weighted by Gasteiger charge is -2.14. The van der Waals surface area contributed by atoms with Crippen LogP contribution in [-0.2, 0) is 11.3 Å². The maximum atomic E-state index is 6.34. The molecule has 0 aromatic heterocycles. The number of halogens is 2. The van der Waals surface area contributed by atoms with Gasteiger partial charge in [0.2, 0.25) is 0 Å². The highest BCUT2D eigenvalue weighted by Crippen LogP contribution is 2.37. The van der Waals surface area contributed by atoms with Gasteiger partial charge in [0.15, 0.2) is 17.5 Å². The zero-order valence-electron chi connectivity index (χ0n) is 15.8. The minimum absolute atomic E-state index is 0. The third-order valence-electron chi connectivity index (χ3n) is 4.35. The molecule has 6 nitrogen and oxygen atoms in total. The first-order valence-electron chi connectivity index (χ1n) is 9.36. The van der Waals surface area contributed by atoms with Gasteiger partial charge in [-0.1, -0.05) is 11.6 Å². The molecule has 1 heterocycles. The van der Waals surface area contributed by atoms with Crippen molar-refractivity contribution < 1.29 is 14.2 Å². The molecule has 0 bridgehead atoms. The van der Waals surface area contributed by atoms with Crippen LogP contribution >= 0.6 is 35.6 Å². The van der Waals surface area contributed by atoms with Crippen molar-refractivity contribution in [1.82, 2.24) is 10.6 Å². The smallest absolute Gasteiger partial charge is 0.191 e. The maximum Gasteiger partial charge on any atom is 0.191 e. The quantitative estimate of drug-likeness (QED) is 0.243. The lowest BCUT2D eigenvalue weighted by atomic mass is 10.2. The molecule has 0 amide bonds. The molecular formula is C19H29ClIN3O3. The SMILES string of the molecule is CN=C(NCCCOCC1CC1)NCc1cc(Cl)c2c(c1)OCCCO2.I. The van der Waals surface area contributed by atoms with Gasteiger partial charge in [-0.2, -0.15) is 0 Å². The Balaban J connectivity index is 0.00000261.